The summed E-state index contributed by atoms with van der Waals surface area (Å²) in [7, 11) is 0. The van der Waals surface area contributed by atoms with Crippen molar-refractivity contribution in [2.75, 3.05) is 0 Å². The van der Waals surface area contributed by atoms with Crippen LogP contribution >= 0.6 is 0 Å². The molecule has 0 saturated carbocycles. The second-order valence-electron chi connectivity index (χ2n) is 11.8. The van der Waals surface area contributed by atoms with E-state index in [0.717, 1.165) is 38.5 Å². The van der Waals surface area contributed by atoms with E-state index >= 15 is 0 Å². The number of ketones is 1. The van der Waals surface area contributed by atoms with Crippen LogP contribution in [0.15, 0.2) is 61.3 Å². The van der Waals surface area contributed by atoms with Gasteiger partial charge < -0.3 is 0 Å². The van der Waals surface area contributed by atoms with Crippen LogP contribution in [0.1, 0.15) is 107 Å². The van der Waals surface area contributed by atoms with Crippen molar-refractivity contribution < 1.29 is 4.79 Å². The molecular weight excluding hydrogens is 412 g/mol. The van der Waals surface area contributed by atoms with E-state index in [2.05, 4.69) is 99.9 Å². The van der Waals surface area contributed by atoms with E-state index in [4.69, 9.17) is 0 Å². The van der Waals surface area contributed by atoms with Gasteiger partial charge in [0.05, 0.1) is 0 Å². The van der Waals surface area contributed by atoms with Gasteiger partial charge in [0.1, 0.15) is 5.78 Å². The van der Waals surface area contributed by atoms with Gasteiger partial charge in [-0.1, -0.05) is 96.2 Å². The molecule has 0 N–H and O–H groups in total. The lowest BCUT2D eigenvalue weighted by Crippen LogP contribution is -2.14. The van der Waals surface area contributed by atoms with E-state index < -0.39 is 0 Å². The van der Waals surface area contributed by atoms with Crippen LogP contribution in [0.25, 0.3) is 0 Å². The number of hydrogen-bond acceptors (Lipinski definition) is 1. The number of rotatable bonds is 19. The van der Waals surface area contributed by atoms with Gasteiger partial charge in [-0.05, 0) is 82.0 Å². The van der Waals surface area contributed by atoms with Crippen LogP contribution in [0.2, 0.25) is 0 Å². The molecule has 0 aromatic carbocycles. The summed E-state index contributed by atoms with van der Waals surface area (Å²) < 4.78 is 0. The maximum atomic E-state index is 12.6. The van der Waals surface area contributed by atoms with Crippen molar-refractivity contribution in [2.45, 2.75) is 107 Å². The maximum Gasteiger partial charge on any atom is 0.133 e. The zero-order valence-corrected chi connectivity index (χ0v) is 24.0. The Labute approximate surface area is 213 Å². The van der Waals surface area contributed by atoms with Gasteiger partial charge in [0, 0.05) is 18.3 Å². The van der Waals surface area contributed by atoms with Crippen LogP contribution in [0.5, 0.6) is 0 Å². The summed E-state index contributed by atoms with van der Waals surface area (Å²) in [6.45, 7) is 34.1. The first-order chi connectivity index (χ1) is 15.7. The third-order valence-electron chi connectivity index (χ3n) is 7.88. The molecule has 0 saturated heterocycles. The van der Waals surface area contributed by atoms with Crippen molar-refractivity contribution in [3.8, 4) is 0 Å². The van der Waals surface area contributed by atoms with E-state index in [1.807, 2.05) is 0 Å². The first-order valence-corrected chi connectivity index (χ1v) is 13.5. The van der Waals surface area contributed by atoms with Crippen LogP contribution in [0.3, 0.4) is 0 Å². The highest BCUT2D eigenvalue weighted by Gasteiger charge is 2.20. The second kappa shape index (κ2) is 16.1. The molecule has 0 aromatic heterocycles. The lowest BCUT2D eigenvalue weighted by atomic mass is 9.80. The molecule has 0 amide bonds. The van der Waals surface area contributed by atoms with Crippen molar-refractivity contribution in [2.24, 2.45) is 35.0 Å². The SMILES string of the molecule is C=CC(C)(C=CC(C)CC(=O)CC(C)CCC(C)C(=C)C)CCC(C)C(=C)CCC(C)C(=C)C. The topological polar surface area (TPSA) is 17.1 Å². The zero-order valence-electron chi connectivity index (χ0n) is 24.0. The van der Waals surface area contributed by atoms with Gasteiger partial charge in [0.15, 0.2) is 0 Å². The fourth-order valence-electron chi connectivity index (χ4n) is 4.05. The molecular formula is C33H56O. The quantitative estimate of drug-likeness (QED) is 0.172. The Kier molecular flexibility index (Phi) is 15.3. The van der Waals surface area contributed by atoms with Crippen molar-refractivity contribution in [3.63, 3.8) is 0 Å². The van der Waals surface area contributed by atoms with Gasteiger partial charge in [-0.15, -0.1) is 6.58 Å². The molecule has 0 bridgehead atoms. The van der Waals surface area contributed by atoms with Gasteiger partial charge in [0.25, 0.3) is 0 Å². The highest BCUT2D eigenvalue weighted by molar-refractivity contribution is 5.79. The molecule has 6 atom stereocenters. The number of carbonyl (C=O) groups excluding carboxylic acids is 1. The fraction of sp³-hybridized carbons (Fsp3) is 0.667. The standard InChI is InChI=1S/C33H56O/c1-13-33(12,21-19-31(11)30(10)17-16-29(9)25(4)5)20-18-27(7)23-32(34)22-26(6)14-15-28(8)24(2)3/h13,18,20,26-29,31H,1-2,4,10,14-17,19,21-23H2,3,5-9,11-12H3. The smallest absolute Gasteiger partial charge is 0.133 e. The number of Topliss-reactive ketones (excluding diaryl/α,β-unsaturated/α-hetero) is 1. The summed E-state index contributed by atoms with van der Waals surface area (Å²) in [5.74, 6) is 2.66. The molecule has 0 spiro atoms. The normalized spacial score (nSPS) is 17.9. The van der Waals surface area contributed by atoms with Crippen LogP contribution in [0.4, 0.5) is 0 Å². The highest BCUT2D eigenvalue weighted by atomic mass is 16.1. The minimum atomic E-state index is -0.0528. The summed E-state index contributed by atoms with van der Waals surface area (Å²) in [6.07, 6.45) is 14.4. The number of hydrogen-bond donors (Lipinski definition) is 0. The van der Waals surface area contributed by atoms with Crippen molar-refractivity contribution in [1.29, 1.82) is 0 Å². The molecule has 6 unspecified atom stereocenters. The molecule has 0 aliphatic rings. The van der Waals surface area contributed by atoms with Gasteiger partial charge in [-0.25, -0.2) is 0 Å². The Bertz CT molecular complexity index is 708. The lowest BCUT2D eigenvalue weighted by molar-refractivity contribution is -0.120. The minimum Gasteiger partial charge on any atom is -0.300 e. The van der Waals surface area contributed by atoms with Crippen molar-refractivity contribution in [1.82, 2.24) is 0 Å². The Hall–Kier alpha value is -1.63. The second-order valence-corrected chi connectivity index (χ2v) is 11.8. The molecule has 0 radical (unpaired) electrons. The highest BCUT2D eigenvalue weighted by Crippen LogP contribution is 2.32. The van der Waals surface area contributed by atoms with Crippen molar-refractivity contribution in [3.05, 3.63) is 61.3 Å². The van der Waals surface area contributed by atoms with E-state index in [-0.39, 0.29) is 11.3 Å². The summed E-state index contributed by atoms with van der Waals surface area (Å²) >= 11 is 0. The summed E-state index contributed by atoms with van der Waals surface area (Å²) in [4.78, 5) is 12.6. The third kappa shape index (κ3) is 13.9. The molecule has 34 heavy (non-hydrogen) atoms. The van der Waals surface area contributed by atoms with E-state index in [1.54, 1.807) is 0 Å². The summed E-state index contributed by atoms with van der Waals surface area (Å²) in [5.41, 5.74) is 3.78. The van der Waals surface area contributed by atoms with E-state index in [0.29, 0.717) is 42.3 Å². The van der Waals surface area contributed by atoms with Crippen LogP contribution in [-0.4, -0.2) is 5.78 Å². The van der Waals surface area contributed by atoms with Gasteiger partial charge in [-0.2, -0.15) is 0 Å². The Balaban J connectivity index is 4.60. The first-order valence-electron chi connectivity index (χ1n) is 13.5. The average molecular weight is 469 g/mol. The minimum absolute atomic E-state index is 0.0528. The predicted octanol–water partition coefficient (Wildman–Crippen LogP) is 10.3. The van der Waals surface area contributed by atoms with Crippen LogP contribution in [0, 0.1) is 35.0 Å². The average Bonchev–Trinajstić information content (AvgIpc) is 2.77. The third-order valence-corrected chi connectivity index (χ3v) is 7.88. The number of allylic oxidation sites excluding steroid dienone is 6. The van der Waals surface area contributed by atoms with E-state index in [9.17, 15) is 4.79 Å². The van der Waals surface area contributed by atoms with Gasteiger partial charge in [-0.3, -0.25) is 4.79 Å². The molecule has 1 heteroatoms. The molecule has 0 rings (SSSR count). The van der Waals surface area contributed by atoms with E-state index in [1.165, 1.54) is 16.7 Å². The predicted molar refractivity (Wildman–Crippen MR) is 154 cm³/mol. The zero-order chi connectivity index (χ0) is 26.5. The molecule has 194 valence electrons. The Morgan fingerprint density at radius 3 is 1.91 bits per heavy atom. The van der Waals surface area contributed by atoms with Crippen LogP contribution < -0.4 is 0 Å². The molecule has 0 aliphatic carbocycles. The lowest BCUT2D eigenvalue weighted by Gasteiger charge is -2.25. The molecule has 0 aromatic rings. The molecule has 0 heterocycles. The first kappa shape index (κ1) is 32.4. The van der Waals surface area contributed by atoms with Gasteiger partial charge in [0.2, 0.25) is 0 Å². The Morgan fingerprint density at radius 1 is 0.824 bits per heavy atom. The van der Waals surface area contributed by atoms with Gasteiger partial charge >= 0.3 is 0 Å². The van der Waals surface area contributed by atoms with Crippen LogP contribution in [-0.2, 0) is 4.79 Å². The van der Waals surface area contributed by atoms with Crippen molar-refractivity contribution >= 4 is 5.78 Å². The molecule has 0 fully saturated rings. The maximum absolute atomic E-state index is 12.6. The summed E-state index contributed by atoms with van der Waals surface area (Å²) in [6, 6.07) is 0. The molecule has 0 aliphatic heterocycles. The Morgan fingerprint density at radius 2 is 1.38 bits per heavy atom. The summed E-state index contributed by atoms with van der Waals surface area (Å²) in [5, 5.41) is 0. The monoisotopic (exact) mass is 468 g/mol. The molecule has 1 nitrogen and oxygen atoms in total. The number of carbonyl (C=O) groups is 1. The fourth-order valence-corrected chi connectivity index (χ4v) is 4.05. The largest absolute Gasteiger partial charge is 0.300 e.